The van der Waals surface area contributed by atoms with Crippen LogP contribution in [0.2, 0.25) is 0 Å². The van der Waals surface area contributed by atoms with E-state index in [1.807, 2.05) is 66.1 Å². The molecule has 0 aliphatic heterocycles. The molecule has 7 nitrogen and oxygen atoms in total. The highest BCUT2D eigenvalue weighted by Gasteiger charge is 2.17. The van der Waals surface area contributed by atoms with Crippen molar-refractivity contribution < 1.29 is 9.84 Å². The fourth-order valence-corrected chi connectivity index (χ4v) is 4.62. The summed E-state index contributed by atoms with van der Waals surface area (Å²) >= 11 is 0. The summed E-state index contributed by atoms with van der Waals surface area (Å²) in [5, 5.41) is 15.3. The van der Waals surface area contributed by atoms with Gasteiger partial charge in [-0.3, -0.25) is 0 Å². The first-order chi connectivity index (χ1) is 19.2. The predicted octanol–water partition coefficient (Wildman–Crippen LogP) is 6.67. The van der Waals surface area contributed by atoms with Crippen molar-refractivity contribution in [1.29, 1.82) is 0 Å². The maximum atomic E-state index is 9.81. The average Bonchev–Trinajstić information content (AvgIpc) is 3.39. The van der Waals surface area contributed by atoms with Gasteiger partial charge in [-0.05, 0) is 46.0 Å². The lowest BCUT2D eigenvalue weighted by molar-refractivity contribution is 0.271. The summed E-state index contributed by atoms with van der Waals surface area (Å²) in [6, 6.07) is 32.9. The Kier molecular flexibility index (Phi) is 6.89. The zero-order chi connectivity index (χ0) is 26.6. The summed E-state index contributed by atoms with van der Waals surface area (Å²) in [5.41, 5.74) is 4.77. The van der Waals surface area contributed by atoms with Crippen LogP contribution in [0.15, 0.2) is 103 Å². The third kappa shape index (κ3) is 5.30. The van der Waals surface area contributed by atoms with Crippen LogP contribution in [0.3, 0.4) is 0 Å². The van der Waals surface area contributed by atoms with Gasteiger partial charge in [0, 0.05) is 0 Å². The second-order valence-electron chi connectivity index (χ2n) is 9.51. The molecular formula is C32H29N5O2. The highest BCUT2D eigenvalue weighted by molar-refractivity contribution is 5.85. The maximum Gasteiger partial charge on any atom is 0.326 e. The summed E-state index contributed by atoms with van der Waals surface area (Å²) < 4.78 is 8.15. The van der Waals surface area contributed by atoms with Crippen LogP contribution in [0.4, 0.5) is 5.82 Å². The van der Waals surface area contributed by atoms with Crippen LogP contribution in [-0.4, -0.2) is 37.3 Å². The van der Waals surface area contributed by atoms with Gasteiger partial charge in [-0.1, -0.05) is 91.9 Å². The molecule has 4 aromatic carbocycles. The number of rotatable bonds is 9. The molecule has 194 valence electrons. The Morgan fingerprint density at radius 3 is 2.36 bits per heavy atom. The Labute approximate surface area is 226 Å². The second kappa shape index (κ2) is 10.9. The number of aliphatic hydroxyl groups is 1. The summed E-state index contributed by atoms with van der Waals surface area (Å²) in [6.07, 6.45) is 2.51. The van der Waals surface area contributed by atoms with E-state index in [0.717, 1.165) is 22.8 Å². The number of aromatic nitrogens is 4. The standard InChI is InChI=1S/C32H29N5O2/c1-2-27(20-38)34-30-29-31(36-32(35-30)39-28-17-16-24-10-6-7-11-26(24)18-28)37(21-33-29)19-22-12-14-25(15-13-22)23-8-4-3-5-9-23/h3-18,21,27,38H,2,19-20H2,1H3,(H,34,35,36)/t27-/m0/s1. The molecule has 0 amide bonds. The molecule has 0 saturated heterocycles. The summed E-state index contributed by atoms with van der Waals surface area (Å²) in [4.78, 5) is 14.0. The van der Waals surface area contributed by atoms with E-state index in [1.165, 1.54) is 11.1 Å². The minimum Gasteiger partial charge on any atom is -0.424 e. The lowest BCUT2D eigenvalue weighted by Gasteiger charge is -2.16. The van der Waals surface area contributed by atoms with Gasteiger partial charge < -0.3 is 19.7 Å². The molecule has 0 unspecified atom stereocenters. The number of imidazole rings is 1. The van der Waals surface area contributed by atoms with E-state index >= 15 is 0 Å². The van der Waals surface area contributed by atoms with Crippen LogP contribution in [0.1, 0.15) is 18.9 Å². The molecule has 0 aliphatic carbocycles. The molecule has 1 atom stereocenters. The highest BCUT2D eigenvalue weighted by Crippen LogP contribution is 2.28. The Morgan fingerprint density at radius 1 is 0.846 bits per heavy atom. The van der Waals surface area contributed by atoms with Gasteiger partial charge in [-0.2, -0.15) is 9.97 Å². The number of aliphatic hydroxyl groups excluding tert-OH is 1. The number of nitrogens with one attached hydrogen (secondary N) is 1. The second-order valence-corrected chi connectivity index (χ2v) is 9.51. The molecule has 2 N–H and O–H groups in total. The van der Waals surface area contributed by atoms with Gasteiger partial charge in [0.2, 0.25) is 0 Å². The first-order valence-electron chi connectivity index (χ1n) is 13.1. The summed E-state index contributed by atoms with van der Waals surface area (Å²) in [6.45, 7) is 2.59. The number of hydrogen-bond acceptors (Lipinski definition) is 6. The Bertz CT molecular complexity index is 1710. The third-order valence-electron chi connectivity index (χ3n) is 6.84. The van der Waals surface area contributed by atoms with Crippen molar-refractivity contribution in [3.8, 4) is 22.9 Å². The van der Waals surface area contributed by atoms with Crippen LogP contribution >= 0.6 is 0 Å². The van der Waals surface area contributed by atoms with Crippen molar-refractivity contribution in [2.24, 2.45) is 0 Å². The van der Waals surface area contributed by atoms with Crippen molar-refractivity contribution in [3.63, 3.8) is 0 Å². The molecule has 0 spiro atoms. The highest BCUT2D eigenvalue weighted by atomic mass is 16.5. The average molecular weight is 516 g/mol. The van der Waals surface area contributed by atoms with Crippen LogP contribution in [0.25, 0.3) is 33.1 Å². The molecule has 39 heavy (non-hydrogen) atoms. The monoisotopic (exact) mass is 515 g/mol. The van der Waals surface area contributed by atoms with E-state index in [4.69, 9.17) is 9.72 Å². The molecule has 7 heteroatoms. The molecule has 0 fully saturated rings. The largest absolute Gasteiger partial charge is 0.424 e. The normalized spacial score (nSPS) is 12.1. The molecule has 0 saturated carbocycles. The number of ether oxygens (including phenoxy) is 1. The van der Waals surface area contributed by atoms with E-state index < -0.39 is 0 Å². The van der Waals surface area contributed by atoms with E-state index in [2.05, 4.69) is 57.7 Å². The fraction of sp³-hybridized carbons (Fsp3) is 0.156. The van der Waals surface area contributed by atoms with Crippen LogP contribution < -0.4 is 10.1 Å². The Morgan fingerprint density at radius 2 is 1.59 bits per heavy atom. The zero-order valence-corrected chi connectivity index (χ0v) is 21.7. The van der Waals surface area contributed by atoms with Gasteiger partial charge in [-0.25, -0.2) is 4.98 Å². The number of fused-ring (bicyclic) bond motifs is 2. The number of nitrogens with zero attached hydrogens (tertiary/aromatic N) is 4. The van der Waals surface area contributed by atoms with Crippen LogP contribution in [0.5, 0.6) is 11.8 Å². The van der Waals surface area contributed by atoms with E-state index in [-0.39, 0.29) is 18.7 Å². The number of benzene rings is 4. The van der Waals surface area contributed by atoms with Crippen molar-refractivity contribution in [1.82, 2.24) is 19.5 Å². The van der Waals surface area contributed by atoms with E-state index in [0.29, 0.717) is 29.3 Å². The first-order valence-corrected chi connectivity index (χ1v) is 13.1. The van der Waals surface area contributed by atoms with Crippen molar-refractivity contribution >= 4 is 27.8 Å². The van der Waals surface area contributed by atoms with Crippen molar-refractivity contribution in [3.05, 3.63) is 109 Å². The van der Waals surface area contributed by atoms with Gasteiger partial charge in [0.15, 0.2) is 17.0 Å². The lowest BCUT2D eigenvalue weighted by Crippen LogP contribution is -2.23. The lowest BCUT2D eigenvalue weighted by atomic mass is 10.0. The molecule has 2 heterocycles. The minimum absolute atomic E-state index is 0.0165. The topological polar surface area (TPSA) is 85.1 Å². The zero-order valence-electron chi connectivity index (χ0n) is 21.7. The number of anilines is 1. The van der Waals surface area contributed by atoms with E-state index in [1.54, 1.807) is 6.33 Å². The maximum absolute atomic E-state index is 9.81. The first kappa shape index (κ1) is 24.6. The summed E-state index contributed by atoms with van der Waals surface area (Å²) in [7, 11) is 0. The molecule has 0 aliphatic rings. The van der Waals surface area contributed by atoms with Gasteiger partial charge in [0.1, 0.15) is 5.75 Å². The fourth-order valence-electron chi connectivity index (χ4n) is 4.62. The van der Waals surface area contributed by atoms with Gasteiger partial charge >= 0.3 is 6.01 Å². The smallest absolute Gasteiger partial charge is 0.326 e. The third-order valence-corrected chi connectivity index (χ3v) is 6.84. The van der Waals surface area contributed by atoms with Crippen molar-refractivity contribution in [2.45, 2.75) is 25.9 Å². The SMILES string of the molecule is CC[C@@H](CO)Nc1nc(Oc2ccc3ccccc3c2)nc2c1ncn2Cc1ccc(-c2ccccc2)cc1. The van der Waals surface area contributed by atoms with Gasteiger partial charge in [0.05, 0.1) is 25.5 Å². The van der Waals surface area contributed by atoms with Crippen molar-refractivity contribution in [2.75, 3.05) is 11.9 Å². The molecular weight excluding hydrogens is 486 g/mol. The summed E-state index contributed by atoms with van der Waals surface area (Å²) in [5.74, 6) is 1.19. The van der Waals surface area contributed by atoms with Crippen LogP contribution in [-0.2, 0) is 6.54 Å². The Hall–Kier alpha value is -4.75. The quantitative estimate of drug-likeness (QED) is 0.224. The number of hydrogen-bond donors (Lipinski definition) is 2. The molecule has 6 aromatic rings. The Balaban J connectivity index is 1.34. The molecule has 2 aromatic heterocycles. The molecule has 0 radical (unpaired) electrons. The van der Waals surface area contributed by atoms with Crippen LogP contribution in [0, 0.1) is 0 Å². The van der Waals surface area contributed by atoms with Gasteiger partial charge in [-0.15, -0.1) is 0 Å². The predicted molar refractivity (Wildman–Crippen MR) is 155 cm³/mol. The molecule has 6 rings (SSSR count). The van der Waals surface area contributed by atoms with E-state index in [9.17, 15) is 5.11 Å². The van der Waals surface area contributed by atoms with Gasteiger partial charge in [0.25, 0.3) is 0 Å². The molecule has 0 bridgehead atoms. The minimum atomic E-state index is -0.160.